The van der Waals surface area contributed by atoms with Gasteiger partial charge in [-0.1, -0.05) is 19.1 Å². The Balaban J connectivity index is 2.25. The number of nitrogens with zero attached hydrogens (tertiary/aromatic N) is 1. The van der Waals surface area contributed by atoms with Gasteiger partial charge < -0.3 is 10.2 Å². The van der Waals surface area contributed by atoms with Gasteiger partial charge in [-0.15, -0.1) is 0 Å². The van der Waals surface area contributed by atoms with Crippen LogP contribution in [0.3, 0.4) is 0 Å². The van der Waals surface area contributed by atoms with Gasteiger partial charge in [0.05, 0.1) is 5.56 Å². The molecule has 1 aliphatic rings. The minimum atomic E-state index is 0.139. The van der Waals surface area contributed by atoms with Crippen molar-refractivity contribution in [2.45, 2.75) is 25.1 Å². The predicted molar refractivity (Wildman–Crippen MR) is 78.4 cm³/mol. The molecule has 2 rings (SSSR count). The average molecular weight is 264 g/mol. The Kier molecular flexibility index (Phi) is 4.17. The summed E-state index contributed by atoms with van der Waals surface area (Å²) in [6.07, 6.45) is 0. The van der Waals surface area contributed by atoms with E-state index in [0.29, 0.717) is 11.3 Å². The van der Waals surface area contributed by atoms with E-state index >= 15 is 0 Å². The number of hydrogen-bond acceptors (Lipinski definition) is 3. The van der Waals surface area contributed by atoms with Crippen LogP contribution in [0.25, 0.3) is 0 Å². The zero-order valence-corrected chi connectivity index (χ0v) is 12.0. The van der Waals surface area contributed by atoms with Gasteiger partial charge >= 0.3 is 0 Å². The Morgan fingerprint density at radius 1 is 1.39 bits per heavy atom. The van der Waals surface area contributed by atoms with E-state index in [1.165, 1.54) is 0 Å². The summed E-state index contributed by atoms with van der Waals surface area (Å²) in [4.78, 5) is 14.6. The van der Waals surface area contributed by atoms with Gasteiger partial charge in [-0.25, -0.2) is 0 Å². The molecule has 2 unspecified atom stereocenters. The molecular weight excluding hydrogens is 244 g/mol. The summed E-state index contributed by atoms with van der Waals surface area (Å²) in [6.45, 7) is 5.17. The van der Waals surface area contributed by atoms with E-state index in [9.17, 15) is 4.79 Å². The monoisotopic (exact) mass is 264 g/mol. The zero-order chi connectivity index (χ0) is 13.1. The third-order valence-corrected chi connectivity index (χ3v) is 4.91. The van der Waals surface area contributed by atoms with Crippen LogP contribution < -0.4 is 5.32 Å². The summed E-state index contributed by atoms with van der Waals surface area (Å²) in [6, 6.07) is 8.00. The largest absolute Gasteiger partial charge is 0.387 e. The van der Waals surface area contributed by atoms with Crippen molar-refractivity contribution in [3.8, 4) is 0 Å². The van der Waals surface area contributed by atoms with Crippen LogP contribution in [0, 0.1) is 0 Å². The maximum absolute atomic E-state index is 12.6. The number of anilines is 1. The molecule has 1 saturated heterocycles. The Morgan fingerprint density at radius 3 is 2.83 bits per heavy atom. The third kappa shape index (κ3) is 2.48. The van der Waals surface area contributed by atoms with Gasteiger partial charge in [0.15, 0.2) is 0 Å². The van der Waals surface area contributed by atoms with Gasteiger partial charge in [0.2, 0.25) is 0 Å². The van der Waals surface area contributed by atoms with Crippen molar-refractivity contribution in [3.05, 3.63) is 29.8 Å². The van der Waals surface area contributed by atoms with Gasteiger partial charge in [-0.2, -0.15) is 11.8 Å². The maximum Gasteiger partial charge on any atom is 0.256 e. The molecule has 1 fully saturated rings. The number of carbonyl (C=O) groups excluding carboxylic acids is 1. The fraction of sp³-hybridized carbons (Fsp3) is 0.500. The van der Waals surface area contributed by atoms with E-state index in [4.69, 9.17) is 0 Å². The molecule has 18 heavy (non-hydrogen) atoms. The highest BCUT2D eigenvalue weighted by Crippen LogP contribution is 2.27. The summed E-state index contributed by atoms with van der Waals surface area (Å²) in [5.41, 5.74) is 1.67. The van der Waals surface area contributed by atoms with Crippen LogP contribution in [0.15, 0.2) is 24.3 Å². The lowest BCUT2D eigenvalue weighted by Crippen LogP contribution is -2.48. The first-order valence-corrected chi connectivity index (χ1v) is 7.39. The van der Waals surface area contributed by atoms with Crippen molar-refractivity contribution in [1.29, 1.82) is 0 Å². The number of rotatable bonds is 2. The van der Waals surface area contributed by atoms with Crippen LogP contribution in [0.2, 0.25) is 0 Å². The molecule has 1 N–H and O–H groups in total. The number of carbonyl (C=O) groups is 1. The van der Waals surface area contributed by atoms with Crippen LogP contribution in [0.4, 0.5) is 5.69 Å². The second-order valence-electron chi connectivity index (χ2n) is 4.61. The van der Waals surface area contributed by atoms with Crippen molar-refractivity contribution in [2.24, 2.45) is 0 Å². The topological polar surface area (TPSA) is 32.3 Å². The molecule has 3 nitrogen and oxygen atoms in total. The van der Waals surface area contributed by atoms with Crippen LogP contribution in [-0.4, -0.2) is 41.4 Å². The van der Waals surface area contributed by atoms with Gasteiger partial charge in [0.1, 0.15) is 0 Å². The first-order chi connectivity index (χ1) is 8.65. The standard InChI is InChI=1S/C14H20N2OS/c1-10-11(2)18-9-8-16(10)14(17)12-6-4-5-7-13(12)15-3/h4-7,10-11,15H,8-9H2,1-3H3. The van der Waals surface area contributed by atoms with Crippen LogP contribution in [0.5, 0.6) is 0 Å². The van der Waals surface area contributed by atoms with Crippen LogP contribution >= 0.6 is 11.8 Å². The molecule has 1 aromatic rings. The quantitative estimate of drug-likeness (QED) is 0.891. The molecule has 1 aliphatic heterocycles. The lowest BCUT2D eigenvalue weighted by Gasteiger charge is -2.37. The van der Waals surface area contributed by atoms with Crippen LogP contribution in [-0.2, 0) is 0 Å². The lowest BCUT2D eigenvalue weighted by atomic mass is 10.1. The number of nitrogens with one attached hydrogen (secondary N) is 1. The number of benzene rings is 1. The van der Waals surface area contributed by atoms with Crippen LogP contribution in [0.1, 0.15) is 24.2 Å². The third-order valence-electron chi connectivity index (χ3n) is 3.57. The number of thioether (sulfide) groups is 1. The molecule has 1 heterocycles. The summed E-state index contributed by atoms with van der Waals surface area (Å²) in [7, 11) is 1.85. The molecular formula is C14H20N2OS. The minimum Gasteiger partial charge on any atom is -0.387 e. The van der Waals surface area contributed by atoms with E-state index in [0.717, 1.165) is 23.5 Å². The lowest BCUT2D eigenvalue weighted by molar-refractivity contribution is 0.0699. The Hall–Kier alpha value is -1.16. The molecule has 0 saturated carbocycles. The molecule has 98 valence electrons. The zero-order valence-electron chi connectivity index (χ0n) is 11.1. The van der Waals surface area contributed by atoms with E-state index in [1.807, 2.05) is 48.0 Å². The van der Waals surface area contributed by atoms with Crippen molar-refractivity contribution >= 4 is 23.4 Å². The molecule has 1 aromatic carbocycles. The highest BCUT2D eigenvalue weighted by atomic mass is 32.2. The average Bonchev–Trinajstić information content (AvgIpc) is 2.41. The number of hydrogen-bond donors (Lipinski definition) is 1. The summed E-state index contributed by atoms with van der Waals surface area (Å²) >= 11 is 1.94. The molecule has 1 amide bonds. The normalized spacial score (nSPS) is 23.8. The van der Waals surface area contributed by atoms with Crippen molar-refractivity contribution < 1.29 is 4.79 Å². The fourth-order valence-corrected chi connectivity index (χ4v) is 3.36. The Bertz CT molecular complexity index is 436. The highest BCUT2D eigenvalue weighted by Gasteiger charge is 2.30. The van der Waals surface area contributed by atoms with Crippen molar-refractivity contribution in [1.82, 2.24) is 4.90 Å². The molecule has 0 bridgehead atoms. The van der Waals surface area contributed by atoms with E-state index in [1.54, 1.807) is 0 Å². The molecule has 0 radical (unpaired) electrons. The predicted octanol–water partition coefficient (Wildman–Crippen LogP) is 2.69. The van der Waals surface area contributed by atoms with E-state index < -0.39 is 0 Å². The first kappa shape index (κ1) is 13.3. The van der Waals surface area contributed by atoms with Crippen molar-refractivity contribution in [3.63, 3.8) is 0 Å². The van der Waals surface area contributed by atoms with Gasteiger partial charge in [-0.3, -0.25) is 4.79 Å². The summed E-state index contributed by atoms with van der Waals surface area (Å²) < 4.78 is 0. The Labute approximate surface area is 113 Å². The number of para-hydroxylation sites is 1. The van der Waals surface area contributed by atoms with Gasteiger partial charge in [0, 0.05) is 36.3 Å². The molecule has 0 aliphatic carbocycles. The second kappa shape index (κ2) is 5.65. The highest BCUT2D eigenvalue weighted by molar-refractivity contribution is 8.00. The Morgan fingerprint density at radius 2 is 2.11 bits per heavy atom. The molecule has 0 aromatic heterocycles. The molecule has 0 spiro atoms. The van der Waals surface area contributed by atoms with Gasteiger partial charge in [0.25, 0.3) is 5.91 Å². The first-order valence-electron chi connectivity index (χ1n) is 6.34. The SMILES string of the molecule is CNc1ccccc1C(=O)N1CCSC(C)C1C. The van der Waals surface area contributed by atoms with E-state index in [-0.39, 0.29) is 5.91 Å². The summed E-state index contributed by atoms with van der Waals surface area (Å²) in [5, 5.41) is 3.59. The number of amides is 1. The second-order valence-corrected chi connectivity index (χ2v) is 6.10. The smallest absolute Gasteiger partial charge is 0.256 e. The van der Waals surface area contributed by atoms with E-state index in [2.05, 4.69) is 19.2 Å². The fourth-order valence-electron chi connectivity index (χ4n) is 2.26. The van der Waals surface area contributed by atoms with Gasteiger partial charge in [-0.05, 0) is 19.1 Å². The summed E-state index contributed by atoms with van der Waals surface area (Å²) in [5.74, 6) is 1.17. The maximum atomic E-state index is 12.6. The minimum absolute atomic E-state index is 0.139. The molecule has 4 heteroatoms. The molecule has 2 atom stereocenters. The van der Waals surface area contributed by atoms with Crippen molar-refractivity contribution in [2.75, 3.05) is 24.7 Å².